The fourth-order valence-corrected chi connectivity index (χ4v) is 3.17. The standard InChI is InChI=1S/C22H21NO/c1-14-5-9-21-19(11-14)20-13-18(8-10-22(20)24-21)23(4)17-7-6-15(2)16(3)12-17/h5-13H,1-4H3. The Morgan fingerprint density at radius 1 is 0.667 bits per heavy atom. The van der Waals surface area contributed by atoms with Gasteiger partial charge in [-0.3, -0.25) is 0 Å². The lowest BCUT2D eigenvalue weighted by molar-refractivity contribution is 0.669. The Labute approximate surface area is 142 Å². The van der Waals surface area contributed by atoms with E-state index in [9.17, 15) is 0 Å². The van der Waals surface area contributed by atoms with Crippen molar-refractivity contribution >= 4 is 33.3 Å². The van der Waals surface area contributed by atoms with Crippen molar-refractivity contribution in [1.29, 1.82) is 0 Å². The van der Waals surface area contributed by atoms with Crippen molar-refractivity contribution in [1.82, 2.24) is 0 Å². The summed E-state index contributed by atoms with van der Waals surface area (Å²) in [6, 6.07) is 19.3. The molecule has 0 aliphatic heterocycles. The second-order valence-corrected chi connectivity index (χ2v) is 6.61. The molecule has 24 heavy (non-hydrogen) atoms. The Balaban J connectivity index is 1.85. The summed E-state index contributed by atoms with van der Waals surface area (Å²) in [5.74, 6) is 0. The van der Waals surface area contributed by atoms with Crippen molar-refractivity contribution in [2.45, 2.75) is 20.8 Å². The predicted octanol–water partition coefficient (Wildman–Crippen LogP) is 6.28. The van der Waals surface area contributed by atoms with E-state index in [1.54, 1.807) is 0 Å². The fraction of sp³-hybridized carbons (Fsp3) is 0.182. The highest BCUT2D eigenvalue weighted by Gasteiger charge is 2.11. The molecule has 1 heterocycles. The van der Waals surface area contributed by atoms with Crippen LogP contribution in [-0.4, -0.2) is 7.05 Å². The maximum absolute atomic E-state index is 5.96. The van der Waals surface area contributed by atoms with Gasteiger partial charge in [0.1, 0.15) is 11.2 Å². The Bertz CT molecular complexity index is 1060. The van der Waals surface area contributed by atoms with Gasteiger partial charge in [0.05, 0.1) is 0 Å². The molecular formula is C22H21NO. The third kappa shape index (κ3) is 2.35. The molecule has 4 aromatic rings. The first-order chi connectivity index (χ1) is 11.5. The molecule has 0 radical (unpaired) electrons. The van der Waals surface area contributed by atoms with Crippen molar-refractivity contribution in [2.24, 2.45) is 0 Å². The summed E-state index contributed by atoms with van der Waals surface area (Å²) in [6.45, 7) is 6.41. The number of aryl methyl sites for hydroxylation is 3. The zero-order chi connectivity index (χ0) is 16.8. The molecule has 2 heteroatoms. The average Bonchev–Trinajstić information content (AvgIpc) is 2.94. The Kier molecular flexibility index (Phi) is 3.34. The minimum Gasteiger partial charge on any atom is -0.456 e. The molecule has 0 saturated carbocycles. The van der Waals surface area contributed by atoms with Crippen LogP contribution in [0.1, 0.15) is 16.7 Å². The first kappa shape index (κ1) is 14.8. The normalized spacial score (nSPS) is 11.3. The number of hydrogen-bond donors (Lipinski definition) is 0. The van der Waals surface area contributed by atoms with Gasteiger partial charge in [-0.2, -0.15) is 0 Å². The van der Waals surface area contributed by atoms with Crippen LogP contribution in [0.15, 0.2) is 59.0 Å². The monoisotopic (exact) mass is 315 g/mol. The summed E-state index contributed by atoms with van der Waals surface area (Å²) in [4.78, 5) is 2.22. The Hall–Kier alpha value is -2.74. The molecule has 0 fully saturated rings. The highest BCUT2D eigenvalue weighted by atomic mass is 16.3. The molecule has 2 nitrogen and oxygen atoms in total. The maximum Gasteiger partial charge on any atom is 0.135 e. The zero-order valence-corrected chi connectivity index (χ0v) is 14.6. The lowest BCUT2D eigenvalue weighted by atomic mass is 10.1. The van der Waals surface area contributed by atoms with E-state index >= 15 is 0 Å². The fourth-order valence-electron chi connectivity index (χ4n) is 3.17. The number of anilines is 2. The van der Waals surface area contributed by atoms with Crippen LogP contribution in [-0.2, 0) is 0 Å². The van der Waals surface area contributed by atoms with Crippen LogP contribution in [0.3, 0.4) is 0 Å². The minimum atomic E-state index is 0.938. The van der Waals surface area contributed by atoms with Gasteiger partial charge in [-0.05, 0) is 74.4 Å². The smallest absolute Gasteiger partial charge is 0.135 e. The van der Waals surface area contributed by atoms with Crippen LogP contribution in [0.2, 0.25) is 0 Å². The van der Waals surface area contributed by atoms with Gasteiger partial charge >= 0.3 is 0 Å². The third-order valence-corrected chi connectivity index (χ3v) is 4.87. The molecule has 0 spiro atoms. The summed E-state index contributed by atoms with van der Waals surface area (Å²) < 4.78 is 5.96. The van der Waals surface area contributed by atoms with E-state index in [1.807, 2.05) is 0 Å². The molecule has 120 valence electrons. The first-order valence-corrected chi connectivity index (χ1v) is 8.27. The SMILES string of the molecule is Cc1ccc2oc3ccc(N(C)c4ccc(C)c(C)c4)cc3c2c1. The second-order valence-electron chi connectivity index (χ2n) is 6.61. The molecule has 0 saturated heterocycles. The van der Waals surface area contributed by atoms with Crippen LogP contribution in [0.25, 0.3) is 21.9 Å². The van der Waals surface area contributed by atoms with Gasteiger partial charge in [-0.25, -0.2) is 0 Å². The number of nitrogens with zero attached hydrogens (tertiary/aromatic N) is 1. The minimum absolute atomic E-state index is 0.938. The molecule has 0 amide bonds. The molecule has 0 aliphatic rings. The highest BCUT2D eigenvalue weighted by molar-refractivity contribution is 6.06. The van der Waals surface area contributed by atoms with Crippen LogP contribution in [0.4, 0.5) is 11.4 Å². The summed E-state index contributed by atoms with van der Waals surface area (Å²) >= 11 is 0. The third-order valence-electron chi connectivity index (χ3n) is 4.87. The van der Waals surface area contributed by atoms with Crippen molar-refractivity contribution in [2.75, 3.05) is 11.9 Å². The van der Waals surface area contributed by atoms with E-state index in [0.717, 1.165) is 16.9 Å². The number of fused-ring (bicyclic) bond motifs is 3. The van der Waals surface area contributed by atoms with E-state index in [4.69, 9.17) is 4.42 Å². The van der Waals surface area contributed by atoms with E-state index in [0.29, 0.717) is 0 Å². The van der Waals surface area contributed by atoms with Gasteiger partial charge in [0, 0.05) is 29.2 Å². The number of hydrogen-bond acceptors (Lipinski definition) is 2. The quantitative estimate of drug-likeness (QED) is 0.433. The first-order valence-electron chi connectivity index (χ1n) is 8.27. The van der Waals surface area contributed by atoms with E-state index < -0.39 is 0 Å². The summed E-state index contributed by atoms with van der Waals surface area (Å²) in [5, 5.41) is 2.35. The lowest BCUT2D eigenvalue weighted by Crippen LogP contribution is -2.09. The molecule has 0 unspecified atom stereocenters. The van der Waals surface area contributed by atoms with Crippen LogP contribution < -0.4 is 4.90 Å². The summed E-state index contributed by atoms with van der Waals surface area (Å²) in [7, 11) is 2.11. The average molecular weight is 315 g/mol. The van der Waals surface area contributed by atoms with Crippen molar-refractivity contribution < 1.29 is 4.42 Å². The van der Waals surface area contributed by atoms with Crippen molar-refractivity contribution in [3.63, 3.8) is 0 Å². The molecule has 4 rings (SSSR count). The van der Waals surface area contributed by atoms with E-state index in [2.05, 4.69) is 87.3 Å². The van der Waals surface area contributed by atoms with Crippen molar-refractivity contribution in [3.05, 3.63) is 71.3 Å². The van der Waals surface area contributed by atoms with E-state index in [1.165, 1.54) is 33.2 Å². The predicted molar refractivity (Wildman–Crippen MR) is 102 cm³/mol. The van der Waals surface area contributed by atoms with Gasteiger partial charge in [0.15, 0.2) is 0 Å². The number of rotatable bonds is 2. The topological polar surface area (TPSA) is 16.4 Å². The second kappa shape index (κ2) is 5.41. The maximum atomic E-state index is 5.96. The number of benzene rings is 3. The Morgan fingerprint density at radius 2 is 1.29 bits per heavy atom. The van der Waals surface area contributed by atoms with Gasteiger partial charge < -0.3 is 9.32 Å². The molecule has 3 aromatic carbocycles. The van der Waals surface area contributed by atoms with Gasteiger partial charge in [0.25, 0.3) is 0 Å². The van der Waals surface area contributed by atoms with E-state index in [-0.39, 0.29) is 0 Å². The van der Waals surface area contributed by atoms with Crippen LogP contribution in [0, 0.1) is 20.8 Å². The van der Waals surface area contributed by atoms with Gasteiger partial charge in [-0.1, -0.05) is 17.7 Å². The summed E-state index contributed by atoms with van der Waals surface area (Å²) in [5.41, 5.74) is 8.12. The highest BCUT2D eigenvalue weighted by Crippen LogP contribution is 2.34. The number of furan rings is 1. The van der Waals surface area contributed by atoms with Crippen LogP contribution >= 0.6 is 0 Å². The van der Waals surface area contributed by atoms with Crippen LogP contribution in [0.5, 0.6) is 0 Å². The summed E-state index contributed by atoms with van der Waals surface area (Å²) in [6.07, 6.45) is 0. The largest absolute Gasteiger partial charge is 0.456 e. The zero-order valence-electron chi connectivity index (χ0n) is 14.6. The molecule has 0 atom stereocenters. The molecule has 1 aromatic heterocycles. The lowest BCUT2D eigenvalue weighted by Gasteiger charge is -2.20. The molecule has 0 N–H and O–H groups in total. The Morgan fingerprint density at radius 3 is 2.04 bits per heavy atom. The molecular weight excluding hydrogens is 294 g/mol. The van der Waals surface area contributed by atoms with Gasteiger partial charge in [-0.15, -0.1) is 0 Å². The van der Waals surface area contributed by atoms with Crippen molar-refractivity contribution in [3.8, 4) is 0 Å². The molecule has 0 aliphatic carbocycles. The molecule has 0 bridgehead atoms. The van der Waals surface area contributed by atoms with Gasteiger partial charge in [0.2, 0.25) is 0 Å².